The Morgan fingerprint density at radius 1 is 0.968 bits per heavy atom. The topological polar surface area (TPSA) is 46.6 Å². The molecule has 2 amide bonds. The van der Waals surface area contributed by atoms with Crippen molar-refractivity contribution in [3.05, 3.63) is 105 Å². The number of rotatable bonds is 6. The molecule has 0 aromatic heterocycles. The molecule has 3 aromatic rings. The molecule has 1 fully saturated rings. The van der Waals surface area contributed by atoms with Crippen LogP contribution in [0.25, 0.3) is 6.08 Å². The van der Waals surface area contributed by atoms with Crippen LogP contribution in [0.3, 0.4) is 0 Å². The second-order valence-electron chi connectivity index (χ2n) is 6.88. The minimum atomic E-state index is -0.363. The molecule has 156 valence electrons. The van der Waals surface area contributed by atoms with Crippen LogP contribution in [-0.4, -0.2) is 16.0 Å². The normalized spacial score (nSPS) is 15.0. The molecule has 1 aliphatic heterocycles. The molecule has 0 spiro atoms. The average Bonchev–Trinajstić information content (AvgIpc) is 3.02. The molecule has 1 heterocycles. The van der Waals surface area contributed by atoms with E-state index in [-0.39, 0.29) is 23.5 Å². The molecular formula is C24H17ClFNO3S. The smallest absolute Gasteiger partial charge is 0.293 e. The number of carbonyl (C=O) groups excluding carboxylic acids is 2. The Balaban J connectivity index is 1.40. The van der Waals surface area contributed by atoms with Crippen molar-refractivity contribution in [3.8, 4) is 5.75 Å². The standard InChI is InChI=1S/C24H17ClFNO3S/c25-19-3-1-2-18(12-19)15-30-21-10-6-16(7-11-21)13-22-23(28)27(24(29)31-22)14-17-4-8-20(26)9-5-17/h1-13H,14-15H2/b22-13-. The van der Waals surface area contributed by atoms with Crippen LogP contribution in [0.4, 0.5) is 9.18 Å². The van der Waals surface area contributed by atoms with Gasteiger partial charge in [-0.25, -0.2) is 4.39 Å². The lowest BCUT2D eigenvalue weighted by Crippen LogP contribution is -2.27. The van der Waals surface area contributed by atoms with Crippen LogP contribution in [0.2, 0.25) is 5.02 Å². The molecule has 0 unspecified atom stereocenters. The monoisotopic (exact) mass is 453 g/mol. The minimum Gasteiger partial charge on any atom is -0.489 e. The molecule has 0 atom stereocenters. The van der Waals surface area contributed by atoms with E-state index in [1.807, 2.05) is 30.3 Å². The summed E-state index contributed by atoms with van der Waals surface area (Å²) in [6.07, 6.45) is 1.68. The third-order valence-electron chi connectivity index (χ3n) is 4.60. The Bertz CT molecular complexity index is 1150. The predicted octanol–water partition coefficient (Wildman–Crippen LogP) is 6.29. The van der Waals surface area contributed by atoms with Gasteiger partial charge in [0.05, 0.1) is 11.4 Å². The summed E-state index contributed by atoms with van der Waals surface area (Å²) in [4.78, 5) is 26.4. The number of hydrogen-bond acceptors (Lipinski definition) is 4. The van der Waals surface area contributed by atoms with Crippen LogP contribution >= 0.6 is 23.4 Å². The highest BCUT2D eigenvalue weighted by Gasteiger charge is 2.34. The van der Waals surface area contributed by atoms with Gasteiger partial charge in [0.15, 0.2) is 0 Å². The second kappa shape index (κ2) is 9.37. The summed E-state index contributed by atoms with van der Waals surface area (Å²) >= 11 is 6.87. The van der Waals surface area contributed by atoms with Crippen LogP contribution < -0.4 is 4.74 Å². The molecule has 0 bridgehead atoms. The number of imide groups is 1. The van der Waals surface area contributed by atoms with Gasteiger partial charge in [0.25, 0.3) is 11.1 Å². The van der Waals surface area contributed by atoms with Gasteiger partial charge in [-0.05, 0) is 70.9 Å². The predicted molar refractivity (Wildman–Crippen MR) is 120 cm³/mol. The van der Waals surface area contributed by atoms with Crippen molar-refractivity contribution in [1.82, 2.24) is 4.90 Å². The maximum atomic E-state index is 13.1. The maximum absolute atomic E-state index is 13.1. The first-order valence-corrected chi connectivity index (χ1v) is 10.6. The first-order valence-electron chi connectivity index (χ1n) is 9.45. The highest BCUT2D eigenvalue weighted by atomic mass is 35.5. The molecule has 3 aromatic carbocycles. The summed E-state index contributed by atoms with van der Waals surface area (Å²) in [5, 5.41) is 0.312. The SMILES string of the molecule is O=C1S/C(=C\c2ccc(OCc3cccc(Cl)c3)cc2)C(=O)N1Cc1ccc(F)cc1. The number of amides is 2. The second-order valence-corrected chi connectivity index (χ2v) is 8.31. The molecule has 4 nitrogen and oxygen atoms in total. The van der Waals surface area contributed by atoms with E-state index in [1.165, 1.54) is 12.1 Å². The summed E-state index contributed by atoms with van der Waals surface area (Å²) in [6, 6.07) is 20.4. The first-order chi connectivity index (χ1) is 15.0. The molecule has 0 N–H and O–H groups in total. The van der Waals surface area contributed by atoms with Gasteiger partial charge in [0.1, 0.15) is 18.2 Å². The van der Waals surface area contributed by atoms with Gasteiger partial charge in [-0.1, -0.05) is 48.0 Å². The number of halogens is 2. The summed E-state index contributed by atoms with van der Waals surface area (Å²) in [6.45, 7) is 0.501. The third-order valence-corrected chi connectivity index (χ3v) is 5.74. The van der Waals surface area contributed by atoms with E-state index in [9.17, 15) is 14.0 Å². The largest absolute Gasteiger partial charge is 0.489 e. The Labute approximate surface area is 188 Å². The van der Waals surface area contributed by atoms with Crippen LogP contribution in [0.5, 0.6) is 5.75 Å². The molecular weight excluding hydrogens is 437 g/mol. The van der Waals surface area contributed by atoms with Crippen LogP contribution in [-0.2, 0) is 17.9 Å². The molecule has 4 rings (SSSR count). The van der Waals surface area contributed by atoms with Crippen molar-refractivity contribution in [2.75, 3.05) is 0 Å². The zero-order valence-electron chi connectivity index (χ0n) is 16.3. The number of thioether (sulfide) groups is 1. The van der Waals surface area contributed by atoms with E-state index in [0.717, 1.165) is 27.8 Å². The lowest BCUT2D eigenvalue weighted by molar-refractivity contribution is -0.123. The van der Waals surface area contributed by atoms with E-state index in [1.54, 1.807) is 36.4 Å². The van der Waals surface area contributed by atoms with E-state index in [0.29, 0.717) is 27.8 Å². The van der Waals surface area contributed by atoms with Gasteiger partial charge in [0, 0.05) is 5.02 Å². The maximum Gasteiger partial charge on any atom is 0.293 e. The Morgan fingerprint density at radius 2 is 1.71 bits per heavy atom. The van der Waals surface area contributed by atoms with E-state index >= 15 is 0 Å². The average molecular weight is 454 g/mol. The van der Waals surface area contributed by atoms with Crippen LogP contribution in [0.1, 0.15) is 16.7 Å². The summed E-state index contributed by atoms with van der Waals surface area (Å²) < 4.78 is 18.8. The lowest BCUT2D eigenvalue weighted by Gasteiger charge is -2.12. The van der Waals surface area contributed by atoms with Gasteiger partial charge < -0.3 is 4.74 Å². The summed E-state index contributed by atoms with van der Waals surface area (Å²) in [7, 11) is 0. The Hall–Kier alpha value is -3.09. The lowest BCUT2D eigenvalue weighted by atomic mass is 10.2. The Morgan fingerprint density at radius 3 is 2.42 bits per heavy atom. The molecule has 31 heavy (non-hydrogen) atoms. The number of ether oxygens (including phenoxy) is 1. The summed E-state index contributed by atoms with van der Waals surface area (Å²) in [5.74, 6) is -0.0417. The van der Waals surface area contributed by atoms with Crippen molar-refractivity contribution in [2.45, 2.75) is 13.2 Å². The number of hydrogen-bond donors (Lipinski definition) is 0. The van der Waals surface area contributed by atoms with Gasteiger partial charge in [-0.3, -0.25) is 14.5 Å². The first kappa shape index (κ1) is 21.2. The third kappa shape index (κ3) is 5.34. The van der Waals surface area contributed by atoms with Gasteiger partial charge in [-0.2, -0.15) is 0 Å². The zero-order valence-corrected chi connectivity index (χ0v) is 17.8. The van der Waals surface area contributed by atoms with E-state index < -0.39 is 0 Å². The highest BCUT2D eigenvalue weighted by Crippen LogP contribution is 2.33. The van der Waals surface area contributed by atoms with Gasteiger partial charge >= 0.3 is 0 Å². The Kier molecular flexibility index (Phi) is 6.39. The van der Waals surface area contributed by atoms with Crippen molar-refractivity contribution in [2.24, 2.45) is 0 Å². The van der Waals surface area contributed by atoms with Crippen LogP contribution in [0.15, 0.2) is 77.7 Å². The quantitative estimate of drug-likeness (QED) is 0.411. The van der Waals surface area contributed by atoms with E-state index in [2.05, 4.69) is 0 Å². The fourth-order valence-electron chi connectivity index (χ4n) is 3.01. The fourth-order valence-corrected chi connectivity index (χ4v) is 4.06. The highest BCUT2D eigenvalue weighted by molar-refractivity contribution is 8.18. The number of nitrogens with zero attached hydrogens (tertiary/aromatic N) is 1. The minimum absolute atomic E-state index is 0.110. The molecule has 0 aliphatic carbocycles. The fraction of sp³-hybridized carbons (Fsp3) is 0.0833. The van der Waals surface area contributed by atoms with Crippen molar-refractivity contribution >= 4 is 40.6 Å². The van der Waals surface area contributed by atoms with Crippen molar-refractivity contribution < 1.29 is 18.7 Å². The number of benzene rings is 3. The molecule has 0 saturated carbocycles. The van der Waals surface area contributed by atoms with Crippen molar-refractivity contribution in [3.63, 3.8) is 0 Å². The summed E-state index contributed by atoms with van der Waals surface area (Å²) in [5.41, 5.74) is 2.43. The number of carbonyl (C=O) groups is 2. The van der Waals surface area contributed by atoms with Gasteiger partial charge in [-0.15, -0.1) is 0 Å². The molecule has 7 heteroatoms. The zero-order chi connectivity index (χ0) is 21.8. The van der Waals surface area contributed by atoms with E-state index in [4.69, 9.17) is 16.3 Å². The van der Waals surface area contributed by atoms with Crippen molar-refractivity contribution in [1.29, 1.82) is 0 Å². The van der Waals surface area contributed by atoms with Gasteiger partial charge in [0.2, 0.25) is 0 Å². The molecule has 1 aliphatic rings. The molecule has 0 radical (unpaired) electrons. The molecule has 1 saturated heterocycles. The van der Waals surface area contributed by atoms with Crippen LogP contribution in [0, 0.1) is 5.82 Å².